The van der Waals surface area contributed by atoms with E-state index in [1.807, 2.05) is 45.2 Å². The molecular formula is C21H32N3O2+. The van der Waals surface area contributed by atoms with Gasteiger partial charge in [-0.25, -0.2) is 0 Å². The summed E-state index contributed by atoms with van der Waals surface area (Å²) >= 11 is 0. The molecule has 26 heavy (non-hydrogen) atoms. The summed E-state index contributed by atoms with van der Waals surface area (Å²) in [5.74, 6) is -0.0830. The molecule has 3 N–H and O–H groups in total. The Hall–Kier alpha value is -2.14. The molecule has 0 bridgehead atoms. The van der Waals surface area contributed by atoms with E-state index in [9.17, 15) is 9.59 Å². The van der Waals surface area contributed by atoms with Crippen LogP contribution in [-0.4, -0.2) is 38.0 Å². The number of benzene rings is 1. The summed E-state index contributed by atoms with van der Waals surface area (Å²) in [6, 6.07) is 7.44. The molecule has 0 heterocycles. The number of amides is 2. The van der Waals surface area contributed by atoms with Crippen LogP contribution in [0.5, 0.6) is 0 Å². The number of carbonyl (C=O) groups excluding carboxylic acids is 2. The van der Waals surface area contributed by atoms with Gasteiger partial charge < -0.3 is 15.5 Å². The van der Waals surface area contributed by atoms with E-state index in [1.54, 1.807) is 0 Å². The molecule has 0 aliphatic heterocycles. The quantitative estimate of drug-likeness (QED) is 0.621. The van der Waals surface area contributed by atoms with Crippen LogP contribution in [0.3, 0.4) is 0 Å². The highest BCUT2D eigenvalue weighted by molar-refractivity contribution is 5.91. The van der Waals surface area contributed by atoms with Crippen LogP contribution >= 0.6 is 0 Å². The zero-order valence-corrected chi connectivity index (χ0v) is 16.2. The van der Waals surface area contributed by atoms with E-state index in [0.717, 1.165) is 29.0 Å². The summed E-state index contributed by atoms with van der Waals surface area (Å²) in [6.07, 6.45) is 8.13. The van der Waals surface area contributed by atoms with Gasteiger partial charge in [0.05, 0.1) is 7.05 Å². The molecule has 0 aromatic heterocycles. The van der Waals surface area contributed by atoms with Gasteiger partial charge >= 0.3 is 0 Å². The normalized spacial score (nSPS) is 16.3. The molecule has 142 valence electrons. The fourth-order valence-corrected chi connectivity index (χ4v) is 3.10. The van der Waals surface area contributed by atoms with Gasteiger partial charge in [-0.3, -0.25) is 9.59 Å². The highest BCUT2D eigenvalue weighted by Crippen LogP contribution is 2.19. The Bertz CT molecular complexity index is 637. The molecule has 1 aromatic carbocycles. The van der Waals surface area contributed by atoms with Crippen molar-refractivity contribution >= 4 is 17.5 Å². The van der Waals surface area contributed by atoms with Crippen molar-refractivity contribution in [2.45, 2.75) is 52.0 Å². The first kappa shape index (κ1) is 20.2. The van der Waals surface area contributed by atoms with Crippen LogP contribution in [0.4, 0.5) is 5.69 Å². The standard InChI is InChI=1S/C21H31N3O2/c1-16-9-11-19(12-10-16)23-20(25)15-24(3)17(2)21(26)22-14-13-18-7-5-4-6-8-18/h7,9-12,17H,4-6,8,13-15H2,1-3H3,(H,22,26)(H,23,25)/p+1/t17-/m1/s1. The summed E-state index contributed by atoms with van der Waals surface area (Å²) in [5.41, 5.74) is 3.40. The Morgan fingerprint density at radius 2 is 1.92 bits per heavy atom. The van der Waals surface area contributed by atoms with Crippen molar-refractivity contribution in [1.29, 1.82) is 0 Å². The molecule has 0 radical (unpaired) electrons. The first-order chi connectivity index (χ1) is 12.5. The van der Waals surface area contributed by atoms with E-state index >= 15 is 0 Å². The van der Waals surface area contributed by atoms with Crippen LogP contribution in [0.25, 0.3) is 0 Å². The molecule has 1 aliphatic carbocycles. The SMILES string of the molecule is Cc1ccc(NC(=O)C[NH+](C)[C@H](C)C(=O)NCCC2=CCCCC2)cc1. The van der Waals surface area contributed by atoms with E-state index in [-0.39, 0.29) is 24.4 Å². The summed E-state index contributed by atoms with van der Waals surface area (Å²) in [6.45, 7) is 4.81. The van der Waals surface area contributed by atoms with Crippen molar-refractivity contribution in [1.82, 2.24) is 5.32 Å². The minimum Gasteiger partial charge on any atom is -0.351 e. The lowest BCUT2D eigenvalue weighted by Gasteiger charge is -2.21. The fourth-order valence-electron chi connectivity index (χ4n) is 3.10. The number of hydrogen-bond donors (Lipinski definition) is 3. The highest BCUT2D eigenvalue weighted by Gasteiger charge is 2.23. The largest absolute Gasteiger partial charge is 0.351 e. The third-order valence-corrected chi connectivity index (χ3v) is 5.04. The molecule has 0 spiro atoms. The molecule has 0 saturated carbocycles. The maximum atomic E-state index is 12.3. The van der Waals surface area contributed by atoms with Crippen molar-refractivity contribution in [3.8, 4) is 0 Å². The topological polar surface area (TPSA) is 62.6 Å². The van der Waals surface area contributed by atoms with Crippen molar-refractivity contribution in [3.63, 3.8) is 0 Å². The predicted molar refractivity (Wildman–Crippen MR) is 105 cm³/mol. The molecule has 2 amide bonds. The van der Waals surface area contributed by atoms with Crippen molar-refractivity contribution in [3.05, 3.63) is 41.5 Å². The molecule has 2 rings (SSSR count). The van der Waals surface area contributed by atoms with E-state index in [0.29, 0.717) is 6.54 Å². The molecule has 5 heteroatoms. The summed E-state index contributed by atoms with van der Waals surface area (Å²) < 4.78 is 0. The molecule has 0 fully saturated rings. The van der Waals surface area contributed by atoms with E-state index < -0.39 is 0 Å². The van der Waals surface area contributed by atoms with Gasteiger partial charge in [-0.15, -0.1) is 0 Å². The average Bonchev–Trinajstić information content (AvgIpc) is 2.63. The molecule has 1 aliphatic rings. The minimum atomic E-state index is -0.265. The molecule has 0 saturated heterocycles. The van der Waals surface area contributed by atoms with Gasteiger partial charge in [0, 0.05) is 12.2 Å². The van der Waals surface area contributed by atoms with Gasteiger partial charge in [-0.2, -0.15) is 0 Å². The van der Waals surface area contributed by atoms with Gasteiger partial charge in [0.2, 0.25) is 0 Å². The Balaban J connectivity index is 1.71. The van der Waals surface area contributed by atoms with E-state index in [2.05, 4.69) is 16.7 Å². The zero-order valence-electron chi connectivity index (χ0n) is 16.2. The Kier molecular flexibility index (Phi) is 7.85. The minimum absolute atomic E-state index is 0.00189. The molecule has 1 aromatic rings. The maximum absolute atomic E-state index is 12.3. The number of rotatable bonds is 8. The average molecular weight is 359 g/mol. The smallest absolute Gasteiger partial charge is 0.279 e. The van der Waals surface area contributed by atoms with Crippen molar-refractivity contribution in [2.24, 2.45) is 0 Å². The molecule has 1 unspecified atom stereocenters. The zero-order chi connectivity index (χ0) is 18.9. The summed E-state index contributed by atoms with van der Waals surface area (Å²) in [7, 11) is 1.88. The van der Waals surface area contributed by atoms with Crippen LogP contribution in [0.15, 0.2) is 35.9 Å². The number of aryl methyl sites for hydroxylation is 1. The van der Waals surface area contributed by atoms with E-state index in [4.69, 9.17) is 0 Å². The number of hydrogen-bond acceptors (Lipinski definition) is 2. The van der Waals surface area contributed by atoms with Crippen LogP contribution in [0.1, 0.15) is 44.6 Å². The molecule has 2 atom stereocenters. The highest BCUT2D eigenvalue weighted by atomic mass is 16.2. The number of quaternary nitrogens is 1. The van der Waals surface area contributed by atoms with Gasteiger partial charge in [0.1, 0.15) is 0 Å². The van der Waals surface area contributed by atoms with Crippen LogP contribution in [-0.2, 0) is 9.59 Å². The monoisotopic (exact) mass is 358 g/mol. The lowest BCUT2D eigenvalue weighted by atomic mass is 9.97. The van der Waals surface area contributed by atoms with Crippen LogP contribution < -0.4 is 15.5 Å². The second-order valence-electron chi connectivity index (χ2n) is 7.31. The lowest BCUT2D eigenvalue weighted by molar-refractivity contribution is -0.885. The van der Waals surface area contributed by atoms with Crippen molar-refractivity contribution in [2.75, 3.05) is 25.5 Å². The van der Waals surface area contributed by atoms with Crippen LogP contribution in [0, 0.1) is 6.92 Å². The number of likely N-dealkylation sites (N-methyl/N-ethyl adjacent to an activating group) is 1. The van der Waals surface area contributed by atoms with Crippen LogP contribution in [0.2, 0.25) is 0 Å². The van der Waals surface area contributed by atoms with E-state index in [1.165, 1.54) is 24.8 Å². The second kappa shape index (κ2) is 10.1. The first-order valence-corrected chi connectivity index (χ1v) is 9.60. The van der Waals surface area contributed by atoms with Gasteiger partial charge in [0.15, 0.2) is 12.6 Å². The van der Waals surface area contributed by atoms with Crippen molar-refractivity contribution < 1.29 is 14.5 Å². The summed E-state index contributed by atoms with van der Waals surface area (Å²) in [5, 5.41) is 5.89. The lowest BCUT2D eigenvalue weighted by Crippen LogP contribution is -3.15. The van der Waals surface area contributed by atoms with Gasteiger partial charge in [0.25, 0.3) is 11.8 Å². The third-order valence-electron chi connectivity index (χ3n) is 5.04. The number of anilines is 1. The van der Waals surface area contributed by atoms with Gasteiger partial charge in [-0.1, -0.05) is 29.3 Å². The molecule has 5 nitrogen and oxygen atoms in total. The molecular weight excluding hydrogens is 326 g/mol. The number of carbonyl (C=O) groups is 2. The second-order valence-corrected chi connectivity index (χ2v) is 7.31. The third kappa shape index (κ3) is 6.64. The van der Waals surface area contributed by atoms with Gasteiger partial charge in [-0.05, 0) is 58.1 Å². The first-order valence-electron chi connectivity index (χ1n) is 9.60. The maximum Gasteiger partial charge on any atom is 0.279 e. The summed E-state index contributed by atoms with van der Waals surface area (Å²) in [4.78, 5) is 25.4. The Labute approximate surface area is 156 Å². The predicted octanol–water partition coefficient (Wildman–Crippen LogP) is 1.84. The Morgan fingerprint density at radius 1 is 1.19 bits per heavy atom. The number of nitrogens with one attached hydrogen (secondary N) is 3. The number of allylic oxidation sites excluding steroid dienone is 1. The fraction of sp³-hybridized carbons (Fsp3) is 0.524. The Morgan fingerprint density at radius 3 is 2.58 bits per heavy atom.